The largest absolute Gasteiger partial charge is 0.497 e. The van der Waals surface area contributed by atoms with Crippen LogP contribution in [-0.2, 0) is 4.79 Å². The van der Waals surface area contributed by atoms with Crippen molar-refractivity contribution in [3.8, 4) is 11.5 Å². The topological polar surface area (TPSA) is 60.5 Å². The van der Waals surface area contributed by atoms with Crippen LogP contribution in [0.2, 0.25) is 0 Å². The highest BCUT2D eigenvalue weighted by atomic mass is 32.1. The minimum absolute atomic E-state index is 0.165. The van der Waals surface area contributed by atoms with E-state index in [1.54, 1.807) is 43.9 Å². The van der Waals surface area contributed by atoms with Gasteiger partial charge in [-0.25, -0.2) is 4.98 Å². The Balaban J connectivity index is 2.04. The van der Waals surface area contributed by atoms with Gasteiger partial charge in [0, 0.05) is 28.8 Å². The molecular weight excluding hydrogens is 312 g/mol. The number of ether oxygens (including phenoxy) is 2. The molecule has 0 aliphatic rings. The van der Waals surface area contributed by atoms with Crippen LogP contribution in [-0.4, -0.2) is 25.1 Å². The van der Waals surface area contributed by atoms with Gasteiger partial charge in [0.05, 0.1) is 25.3 Å². The third kappa shape index (κ3) is 4.56. The van der Waals surface area contributed by atoms with Gasteiger partial charge in [0.15, 0.2) is 0 Å². The van der Waals surface area contributed by atoms with Crippen molar-refractivity contribution < 1.29 is 14.3 Å². The first-order chi connectivity index (χ1) is 11.0. The molecule has 0 aliphatic carbocycles. The molecular formula is C17H20N2O3S. The summed E-state index contributed by atoms with van der Waals surface area (Å²) < 4.78 is 10.5. The third-order valence-corrected chi connectivity index (χ3v) is 4.18. The Bertz CT molecular complexity index is 710. The average Bonchev–Trinajstić information content (AvgIpc) is 2.97. The summed E-state index contributed by atoms with van der Waals surface area (Å²) in [4.78, 5) is 17.2. The second-order valence-corrected chi connectivity index (χ2v) is 6.22. The number of aryl methyl sites for hydroxylation is 1. The van der Waals surface area contributed by atoms with Crippen molar-refractivity contribution in [2.75, 3.05) is 14.2 Å². The van der Waals surface area contributed by atoms with Crippen LogP contribution in [0.4, 0.5) is 0 Å². The summed E-state index contributed by atoms with van der Waals surface area (Å²) in [5, 5.41) is 3.90. The van der Waals surface area contributed by atoms with Crippen molar-refractivity contribution in [3.05, 3.63) is 45.9 Å². The fourth-order valence-corrected chi connectivity index (χ4v) is 2.82. The number of hydrogen-bond donors (Lipinski definition) is 1. The van der Waals surface area contributed by atoms with E-state index in [-0.39, 0.29) is 11.9 Å². The first-order valence-electron chi connectivity index (χ1n) is 7.16. The maximum Gasteiger partial charge on any atom is 0.244 e. The Morgan fingerprint density at radius 1 is 1.35 bits per heavy atom. The van der Waals surface area contributed by atoms with Gasteiger partial charge in [-0.2, -0.15) is 0 Å². The SMILES string of the molecule is COc1ccc([C@H](C)NC(=O)/C=C\c2cnc(C)s2)c(OC)c1. The van der Waals surface area contributed by atoms with Crippen molar-refractivity contribution in [1.82, 2.24) is 10.3 Å². The van der Waals surface area contributed by atoms with Crippen LogP contribution in [0.3, 0.4) is 0 Å². The number of methoxy groups -OCH3 is 2. The number of nitrogens with one attached hydrogen (secondary N) is 1. The molecule has 1 amide bonds. The van der Waals surface area contributed by atoms with Crippen LogP contribution < -0.4 is 14.8 Å². The van der Waals surface area contributed by atoms with E-state index in [1.807, 2.05) is 26.0 Å². The summed E-state index contributed by atoms with van der Waals surface area (Å²) in [7, 11) is 3.20. The molecule has 1 N–H and O–H groups in total. The fourth-order valence-electron chi connectivity index (χ4n) is 2.13. The average molecular weight is 332 g/mol. The number of nitrogens with zero attached hydrogens (tertiary/aromatic N) is 1. The number of hydrogen-bond acceptors (Lipinski definition) is 5. The number of benzene rings is 1. The molecule has 0 saturated heterocycles. The van der Waals surface area contributed by atoms with Gasteiger partial charge in [-0.3, -0.25) is 4.79 Å². The molecule has 0 aliphatic heterocycles. The van der Waals surface area contributed by atoms with Crippen LogP contribution in [0.1, 0.15) is 28.4 Å². The molecule has 0 unspecified atom stereocenters. The van der Waals surface area contributed by atoms with Crippen LogP contribution in [0.15, 0.2) is 30.5 Å². The van der Waals surface area contributed by atoms with Gasteiger partial charge in [0.25, 0.3) is 0 Å². The maximum absolute atomic E-state index is 12.1. The Labute approximate surface area is 140 Å². The number of carbonyl (C=O) groups is 1. The Hall–Kier alpha value is -2.34. The fraction of sp³-hybridized carbons (Fsp3) is 0.294. The van der Waals surface area contributed by atoms with Gasteiger partial charge in [0.1, 0.15) is 11.5 Å². The Morgan fingerprint density at radius 2 is 2.13 bits per heavy atom. The van der Waals surface area contributed by atoms with Gasteiger partial charge < -0.3 is 14.8 Å². The van der Waals surface area contributed by atoms with E-state index in [1.165, 1.54) is 6.08 Å². The lowest BCUT2D eigenvalue weighted by molar-refractivity contribution is -0.117. The van der Waals surface area contributed by atoms with Gasteiger partial charge in [-0.05, 0) is 32.1 Å². The quantitative estimate of drug-likeness (QED) is 0.824. The number of thiazole rings is 1. The van der Waals surface area contributed by atoms with Crippen molar-refractivity contribution in [3.63, 3.8) is 0 Å². The molecule has 0 radical (unpaired) electrons. The molecule has 2 aromatic rings. The monoisotopic (exact) mass is 332 g/mol. The number of rotatable bonds is 6. The normalized spacial score (nSPS) is 12.2. The zero-order valence-corrected chi connectivity index (χ0v) is 14.4. The lowest BCUT2D eigenvalue weighted by Crippen LogP contribution is -2.25. The van der Waals surface area contributed by atoms with E-state index in [9.17, 15) is 4.79 Å². The van der Waals surface area contributed by atoms with E-state index in [4.69, 9.17) is 9.47 Å². The summed E-state index contributed by atoms with van der Waals surface area (Å²) in [6.07, 6.45) is 5.02. The Morgan fingerprint density at radius 3 is 2.74 bits per heavy atom. The van der Waals surface area contributed by atoms with Crippen molar-refractivity contribution in [2.24, 2.45) is 0 Å². The van der Waals surface area contributed by atoms with Gasteiger partial charge >= 0.3 is 0 Å². The van der Waals surface area contributed by atoms with Crippen LogP contribution >= 0.6 is 11.3 Å². The molecule has 0 saturated carbocycles. The first kappa shape index (κ1) is 17.0. The van der Waals surface area contributed by atoms with E-state index in [0.29, 0.717) is 11.5 Å². The lowest BCUT2D eigenvalue weighted by Gasteiger charge is -2.17. The minimum atomic E-state index is -0.184. The molecule has 0 bridgehead atoms. The summed E-state index contributed by atoms with van der Waals surface area (Å²) in [6, 6.07) is 5.35. The van der Waals surface area contributed by atoms with E-state index in [0.717, 1.165) is 15.4 Å². The molecule has 0 fully saturated rings. The molecule has 1 aromatic heterocycles. The lowest BCUT2D eigenvalue weighted by atomic mass is 10.1. The van der Waals surface area contributed by atoms with Crippen LogP contribution in [0.5, 0.6) is 11.5 Å². The number of amides is 1. The molecule has 5 nitrogen and oxygen atoms in total. The molecule has 2 rings (SSSR count). The predicted molar refractivity (Wildman–Crippen MR) is 92.0 cm³/mol. The molecule has 1 aromatic carbocycles. The van der Waals surface area contributed by atoms with E-state index >= 15 is 0 Å². The summed E-state index contributed by atoms with van der Waals surface area (Å²) >= 11 is 1.54. The highest BCUT2D eigenvalue weighted by Crippen LogP contribution is 2.29. The van der Waals surface area contributed by atoms with Crippen LogP contribution in [0, 0.1) is 6.92 Å². The minimum Gasteiger partial charge on any atom is -0.497 e. The van der Waals surface area contributed by atoms with Crippen molar-refractivity contribution in [2.45, 2.75) is 19.9 Å². The van der Waals surface area contributed by atoms with Crippen LogP contribution in [0.25, 0.3) is 6.08 Å². The van der Waals surface area contributed by atoms with E-state index in [2.05, 4.69) is 10.3 Å². The number of carbonyl (C=O) groups excluding carboxylic acids is 1. The second kappa shape index (κ2) is 7.78. The Kier molecular flexibility index (Phi) is 5.76. The molecule has 6 heteroatoms. The predicted octanol–water partition coefficient (Wildman–Crippen LogP) is 3.36. The van der Waals surface area contributed by atoms with Gasteiger partial charge in [-0.1, -0.05) is 0 Å². The van der Waals surface area contributed by atoms with Crippen molar-refractivity contribution in [1.29, 1.82) is 0 Å². The number of aromatic nitrogens is 1. The van der Waals surface area contributed by atoms with Gasteiger partial charge in [0.2, 0.25) is 5.91 Å². The van der Waals surface area contributed by atoms with Gasteiger partial charge in [-0.15, -0.1) is 11.3 Å². The zero-order valence-electron chi connectivity index (χ0n) is 13.6. The second-order valence-electron chi connectivity index (χ2n) is 4.95. The van der Waals surface area contributed by atoms with E-state index < -0.39 is 0 Å². The summed E-state index contributed by atoms with van der Waals surface area (Å²) in [5.41, 5.74) is 0.892. The standard InChI is InChI=1S/C17H20N2O3S/c1-11(15-7-5-13(21-3)9-16(15)22-4)19-17(20)8-6-14-10-18-12(2)23-14/h5-11H,1-4H3,(H,19,20)/b8-6-/t11-/m0/s1. The van der Waals surface area contributed by atoms with Crippen molar-refractivity contribution >= 4 is 23.3 Å². The molecule has 0 spiro atoms. The highest BCUT2D eigenvalue weighted by molar-refractivity contribution is 7.12. The summed E-state index contributed by atoms with van der Waals surface area (Å²) in [5.74, 6) is 1.23. The third-order valence-electron chi connectivity index (χ3n) is 3.30. The maximum atomic E-state index is 12.1. The first-order valence-corrected chi connectivity index (χ1v) is 7.98. The summed E-state index contributed by atoms with van der Waals surface area (Å²) in [6.45, 7) is 3.84. The zero-order chi connectivity index (χ0) is 16.8. The smallest absolute Gasteiger partial charge is 0.244 e. The molecule has 122 valence electrons. The highest BCUT2D eigenvalue weighted by Gasteiger charge is 2.13. The molecule has 1 heterocycles. The molecule has 23 heavy (non-hydrogen) atoms. The molecule has 1 atom stereocenters.